The van der Waals surface area contributed by atoms with Crippen molar-refractivity contribution >= 4 is 46.9 Å². The fourth-order valence-corrected chi connectivity index (χ4v) is 3.85. The van der Waals surface area contributed by atoms with Crippen LogP contribution in [0.1, 0.15) is 18.1 Å². The third-order valence-corrected chi connectivity index (χ3v) is 5.76. The summed E-state index contributed by atoms with van der Waals surface area (Å²) in [6.07, 6.45) is 1.26. The molecule has 0 radical (unpaired) electrons. The maximum Gasteiger partial charge on any atom is 0.335 e. The van der Waals surface area contributed by atoms with E-state index in [0.717, 1.165) is 11.6 Å². The summed E-state index contributed by atoms with van der Waals surface area (Å²) in [6.45, 7) is 3.59. The number of barbiturate groups is 1. The fourth-order valence-electron chi connectivity index (χ4n) is 3.85. The minimum atomic E-state index is -1.03. The third kappa shape index (κ3) is 6.13. The fraction of sp³-hybridized carbons (Fsp3) is 0.143. The third-order valence-electron chi connectivity index (χ3n) is 5.76. The van der Waals surface area contributed by atoms with Gasteiger partial charge in [0.15, 0.2) is 18.1 Å². The molecule has 0 unspecified atom stereocenters. The predicted molar refractivity (Wildman–Crippen MR) is 145 cm³/mol. The summed E-state index contributed by atoms with van der Waals surface area (Å²) in [4.78, 5) is 61.7. The Labute approximate surface area is 228 Å². The molecule has 1 aliphatic rings. The van der Waals surface area contributed by atoms with E-state index in [9.17, 15) is 29.3 Å². The van der Waals surface area contributed by atoms with E-state index in [0.29, 0.717) is 16.2 Å². The van der Waals surface area contributed by atoms with Gasteiger partial charge in [-0.15, -0.1) is 0 Å². The molecule has 0 aliphatic carbocycles. The molecule has 1 aliphatic heterocycles. The zero-order valence-corrected chi connectivity index (χ0v) is 21.5. The van der Waals surface area contributed by atoms with Crippen molar-refractivity contribution in [3.63, 3.8) is 0 Å². The maximum absolute atomic E-state index is 13.2. The average Bonchev–Trinajstić information content (AvgIpc) is 2.92. The molecule has 1 heterocycles. The van der Waals surface area contributed by atoms with Crippen LogP contribution in [0, 0.1) is 17.0 Å². The zero-order valence-electron chi connectivity index (χ0n) is 21.5. The van der Waals surface area contributed by atoms with Gasteiger partial charge in [0, 0.05) is 17.8 Å². The smallest absolute Gasteiger partial charge is 0.335 e. The quantitative estimate of drug-likeness (QED) is 0.177. The number of nitrogens with zero attached hydrogens (tertiary/aromatic N) is 2. The van der Waals surface area contributed by atoms with Crippen molar-refractivity contribution < 1.29 is 33.6 Å². The van der Waals surface area contributed by atoms with Crippen LogP contribution in [0.15, 0.2) is 72.3 Å². The first-order valence-electron chi connectivity index (χ1n) is 12.1. The number of hydrogen-bond acceptors (Lipinski definition) is 8. The van der Waals surface area contributed by atoms with Gasteiger partial charge in [-0.25, -0.2) is 9.69 Å². The zero-order chi connectivity index (χ0) is 28.8. The molecule has 12 nitrogen and oxygen atoms in total. The summed E-state index contributed by atoms with van der Waals surface area (Å²) in [5.41, 5.74) is 1.15. The lowest BCUT2D eigenvalue weighted by Gasteiger charge is -2.26. The minimum absolute atomic E-state index is 0.0715. The maximum atomic E-state index is 13.2. The van der Waals surface area contributed by atoms with E-state index in [4.69, 9.17) is 9.47 Å². The number of carbonyl (C=O) groups is 4. The number of anilines is 2. The van der Waals surface area contributed by atoms with Crippen LogP contribution in [0.25, 0.3) is 6.08 Å². The highest BCUT2D eigenvalue weighted by Crippen LogP contribution is 2.31. The van der Waals surface area contributed by atoms with Crippen LogP contribution in [0.5, 0.6) is 11.5 Å². The van der Waals surface area contributed by atoms with Gasteiger partial charge in [0.1, 0.15) is 5.57 Å². The molecule has 3 aromatic rings. The molecule has 2 N–H and O–H groups in total. The number of hydrogen-bond donors (Lipinski definition) is 2. The Bertz CT molecular complexity index is 1550. The van der Waals surface area contributed by atoms with Crippen molar-refractivity contribution in [2.75, 3.05) is 23.4 Å². The van der Waals surface area contributed by atoms with E-state index >= 15 is 0 Å². The average molecular weight is 545 g/mol. The van der Waals surface area contributed by atoms with Crippen LogP contribution < -0.4 is 25.0 Å². The van der Waals surface area contributed by atoms with E-state index in [1.165, 1.54) is 36.4 Å². The SMILES string of the molecule is CCOc1cc(/C=C2/C(=O)NC(=O)N(c3cccc([N+](=O)[O-])c3)C2=O)ccc1OCC(=O)Nc1ccccc1C. The summed E-state index contributed by atoms with van der Waals surface area (Å²) >= 11 is 0. The van der Waals surface area contributed by atoms with Gasteiger partial charge < -0.3 is 14.8 Å². The first-order chi connectivity index (χ1) is 19.2. The van der Waals surface area contributed by atoms with Crippen LogP contribution in [-0.4, -0.2) is 41.9 Å². The van der Waals surface area contributed by atoms with E-state index in [2.05, 4.69) is 10.6 Å². The second kappa shape index (κ2) is 11.9. The monoisotopic (exact) mass is 544 g/mol. The first-order valence-corrected chi connectivity index (χ1v) is 12.1. The second-order valence-corrected chi connectivity index (χ2v) is 8.53. The summed E-state index contributed by atoms with van der Waals surface area (Å²) in [5, 5.41) is 16.0. The van der Waals surface area contributed by atoms with E-state index in [-0.39, 0.29) is 47.6 Å². The lowest BCUT2D eigenvalue weighted by Crippen LogP contribution is -2.54. The number of rotatable bonds is 9. The Kier molecular flexibility index (Phi) is 8.19. The number of non-ortho nitro benzene ring substituents is 1. The number of amides is 5. The molecule has 0 aromatic heterocycles. The number of nitro groups is 1. The molecular formula is C28H24N4O8. The molecule has 0 spiro atoms. The van der Waals surface area contributed by atoms with Crippen molar-refractivity contribution in [1.29, 1.82) is 0 Å². The lowest BCUT2D eigenvalue weighted by molar-refractivity contribution is -0.384. The number of nitrogens with one attached hydrogen (secondary N) is 2. The summed E-state index contributed by atoms with van der Waals surface area (Å²) in [7, 11) is 0. The van der Waals surface area contributed by atoms with Gasteiger partial charge in [-0.3, -0.25) is 29.8 Å². The molecule has 1 saturated heterocycles. The van der Waals surface area contributed by atoms with E-state index in [1.807, 2.05) is 19.1 Å². The summed E-state index contributed by atoms with van der Waals surface area (Å²) in [6, 6.07) is 15.8. The molecule has 3 aromatic carbocycles. The Balaban J connectivity index is 1.56. The highest BCUT2D eigenvalue weighted by atomic mass is 16.6. The van der Waals surface area contributed by atoms with Crippen molar-refractivity contribution in [3.8, 4) is 11.5 Å². The van der Waals surface area contributed by atoms with Crippen LogP contribution in [-0.2, 0) is 14.4 Å². The van der Waals surface area contributed by atoms with Gasteiger partial charge in [0.05, 0.1) is 17.2 Å². The minimum Gasteiger partial charge on any atom is -0.490 e. The number of aryl methyl sites for hydroxylation is 1. The highest BCUT2D eigenvalue weighted by molar-refractivity contribution is 6.39. The Morgan fingerprint density at radius 3 is 2.52 bits per heavy atom. The van der Waals surface area contributed by atoms with Gasteiger partial charge in [-0.05, 0) is 55.3 Å². The highest BCUT2D eigenvalue weighted by Gasteiger charge is 2.37. The molecular weight excluding hydrogens is 520 g/mol. The van der Waals surface area contributed by atoms with E-state index < -0.39 is 22.8 Å². The predicted octanol–water partition coefficient (Wildman–Crippen LogP) is 3.99. The van der Waals surface area contributed by atoms with Gasteiger partial charge >= 0.3 is 6.03 Å². The van der Waals surface area contributed by atoms with Crippen molar-refractivity contribution in [2.24, 2.45) is 0 Å². The summed E-state index contributed by atoms with van der Waals surface area (Å²) in [5.74, 6) is -1.74. The largest absolute Gasteiger partial charge is 0.490 e. The molecule has 12 heteroatoms. The second-order valence-electron chi connectivity index (χ2n) is 8.53. The van der Waals surface area contributed by atoms with Crippen molar-refractivity contribution in [2.45, 2.75) is 13.8 Å². The van der Waals surface area contributed by atoms with Crippen LogP contribution in [0.4, 0.5) is 21.9 Å². The number of urea groups is 1. The van der Waals surface area contributed by atoms with E-state index in [1.54, 1.807) is 25.1 Å². The number of imide groups is 2. The molecule has 204 valence electrons. The van der Waals surface area contributed by atoms with Crippen molar-refractivity contribution in [1.82, 2.24) is 5.32 Å². The first kappa shape index (κ1) is 27.5. The van der Waals surface area contributed by atoms with Crippen LogP contribution in [0.3, 0.4) is 0 Å². The Morgan fingerprint density at radius 2 is 1.80 bits per heavy atom. The van der Waals surface area contributed by atoms with Gasteiger partial charge in [-0.2, -0.15) is 0 Å². The Hall–Kier alpha value is -5.52. The molecule has 4 rings (SSSR count). The molecule has 5 amide bonds. The number of para-hydroxylation sites is 1. The van der Waals surface area contributed by atoms with Crippen LogP contribution in [0.2, 0.25) is 0 Å². The van der Waals surface area contributed by atoms with Gasteiger partial charge in [0.25, 0.3) is 23.4 Å². The summed E-state index contributed by atoms with van der Waals surface area (Å²) < 4.78 is 11.3. The number of nitro benzene ring substituents is 1. The molecule has 0 bridgehead atoms. The van der Waals surface area contributed by atoms with Gasteiger partial charge in [-0.1, -0.05) is 30.3 Å². The topological polar surface area (TPSA) is 157 Å². The standard InChI is InChI=1S/C28H24N4O8/c1-3-39-24-14-18(11-12-23(24)40-16-25(33)29-22-10-5-4-7-17(22)2)13-21-26(34)30-28(36)31(27(21)35)19-8-6-9-20(15-19)32(37)38/h4-15H,3,16H2,1-2H3,(H,29,33)(H,30,34,36)/b21-13-. The van der Waals surface area contributed by atoms with Gasteiger partial charge in [0.2, 0.25) is 0 Å². The van der Waals surface area contributed by atoms with Crippen molar-refractivity contribution in [3.05, 3.63) is 93.5 Å². The number of benzene rings is 3. The molecule has 1 fully saturated rings. The van der Waals surface area contributed by atoms with Crippen LogP contribution >= 0.6 is 0 Å². The normalized spacial score (nSPS) is 14.1. The number of ether oxygens (including phenoxy) is 2. The number of carbonyl (C=O) groups excluding carboxylic acids is 4. The molecule has 40 heavy (non-hydrogen) atoms. The molecule has 0 atom stereocenters. The molecule has 0 saturated carbocycles. The lowest BCUT2D eigenvalue weighted by atomic mass is 10.1. The Morgan fingerprint density at radius 1 is 1.02 bits per heavy atom.